The maximum atomic E-state index is 11.4. The highest BCUT2D eigenvalue weighted by molar-refractivity contribution is 7.98. The van der Waals surface area contributed by atoms with Crippen molar-refractivity contribution in [2.24, 2.45) is 0 Å². The minimum Gasteiger partial charge on any atom is -0.312 e. The lowest BCUT2D eigenvalue weighted by molar-refractivity contribution is 0.716. The Hall–Kier alpha value is -0.770. The first-order valence-electron chi connectivity index (χ1n) is 3.76. The Balaban J connectivity index is 2.85. The fraction of sp³-hybridized carbons (Fsp3) is 0.500. The molecule has 0 aromatic carbocycles. The van der Waals surface area contributed by atoms with E-state index in [0.29, 0.717) is 5.69 Å². The summed E-state index contributed by atoms with van der Waals surface area (Å²) in [5.41, 5.74) is 0.588. The number of hydrogen-bond donors (Lipinski definition) is 0. The Labute approximate surface area is 75.8 Å². The van der Waals surface area contributed by atoms with Crippen molar-refractivity contribution in [1.29, 1.82) is 0 Å². The van der Waals surface area contributed by atoms with Crippen LogP contribution < -0.4 is 5.56 Å². The first-order valence-corrected chi connectivity index (χ1v) is 5.16. The summed E-state index contributed by atoms with van der Waals surface area (Å²) in [5, 5.41) is 0. The molecule has 0 N–H and O–H groups in total. The number of thioether (sulfide) groups is 1. The molecule has 0 radical (unpaired) electrons. The average Bonchev–Trinajstić information content (AvgIpc) is 2.08. The van der Waals surface area contributed by atoms with Crippen LogP contribution in [0.1, 0.15) is 5.69 Å². The topological polar surface area (TPSA) is 34.9 Å². The maximum Gasteiger partial charge on any atom is 0.271 e. The first kappa shape index (κ1) is 9.32. The van der Waals surface area contributed by atoms with Crippen molar-refractivity contribution >= 4 is 11.8 Å². The molecule has 1 aromatic rings. The molecule has 0 aliphatic heterocycles. The van der Waals surface area contributed by atoms with Crippen molar-refractivity contribution < 1.29 is 0 Å². The molecule has 4 heteroatoms. The van der Waals surface area contributed by atoms with Crippen LogP contribution in [0.3, 0.4) is 0 Å². The largest absolute Gasteiger partial charge is 0.312 e. The van der Waals surface area contributed by atoms with E-state index in [1.165, 1.54) is 0 Å². The molecule has 0 fully saturated rings. The van der Waals surface area contributed by atoms with Crippen LogP contribution in [0, 0.1) is 6.92 Å². The van der Waals surface area contributed by atoms with Gasteiger partial charge in [-0.1, -0.05) is 0 Å². The summed E-state index contributed by atoms with van der Waals surface area (Å²) in [5.74, 6) is 0.962. The Morgan fingerprint density at radius 2 is 2.42 bits per heavy atom. The molecule has 3 nitrogen and oxygen atoms in total. The number of aromatic nitrogens is 2. The predicted octanol–water partition coefficient (Wildman–Crippen LogP) is 0.915. The smallest absolute Gasteiger partial charge is 0.271 e. The lowest BCUT2D eigenvalue weighted by Gasteiger charge is -2.03. The normalized spacial score (nSPS) is 10.2. The number of aryl methyl sites for hydroxylation is 2. The molecule has 0 aliphatic carbocycles. The SMILES string of the molecule is CSCCn1ccnc(C)c1=O. The van der Waals surface area contributed by atoms with Crippen LogP contribution in [-0.2, 0) is 6.54 Å². The monoisotopic (exact) mass is 184 g/mol. The van der Waals surface area contributed by atoms with Gasteiger partial charge in [-0.25, -0.2) is 0 Å². The van der Waals surface area contributed by atoms with Gasteiger partial charge in [0.25, 0.3) is 5.56 Å². The fourth-order valence-electron chi connectivity index (χ4n) is 0.922. The zero-order chi connectivity index (χ0) is 8.97. The van der Waals surface area contributed by atoms with E-state index in [0.717, 1.165) is 12.3 Å². The van der Waals surface area contributed by atoms with E-state index in [2.05, 4.69) is 4.98 Å². The van der Waals surface area contributed by atoms with Gasteiger partial charge >= 0.3 is 0 Å². The van der Waals surface area contributed by atoms with Gasteiger partial charge < -0.3 is 4.57 Å². The second-order valence-corrected chi connectivity index (χ2v) is 3.49. The summed E-state index contributed by atoms with van der Waals surface area (Å²) in [6.07, 6.45) is 5.42. The van der Waals surface area contributed by atoms with Crippen LogP contribution >= 0.6 is 11.8 Å². The number of rotatable bonds is 3. The van der Waals surface area contributed by atoms with Crippen LogP contribution in [0.4, 0.5) is 0 Å². The van der Waals surface area contributed by atoms with Crippen molar-refractivity contribution in [3.63, 3.8) is 0 Å². The summed E-state index contributed by atoms with van der Waals surface area (Å²) in [6.45, 7) is 2.50. The van der Waals surface area contributed by atoms with Gasteiger partial charge in [-0.15, -0.1) is 0 Å². The Bertz CT molecular complexity index is 308. The molecule has 0 amide bonds. The molecule has 0 saturated heterocycles. The average molecular weight is 184 g/mol. The van der Waals surface area contributed by atoms with Crippen molar-refractivity contribution in [1.82, 2.24) is 9.55 Å². The summed E-state index contributed by atoms with van der Waals surface area (Å²) < 4.78 is 1.69. The van der Waals surface area contributed by atoms with Crippen molar-refractivity contribution in [3.05, 3.63) is 28.4 Å². The van der Waals surface area contributed by atoms with Gasteiger partial charge in [-0.2, -0.15) is 11.8 Å². The maximum absolute atomic E-state index is 11.4. The van der Waals surface area contributed by atoms with Gasteiger partial charge in [0.15, 0.2) is 0 Å². The molecule has 12 heavy (non-hydrogen) atoms. The standard InChI is InChI=1S/C8H12N2OS/c1-7-8(11)10(4-3-9-7)5-6-12-2/h3-4H,5-6H2,1-2H3. The third-order valence-electron chi connectivity index (χ3n) is 1.62. The van der Waals surface area contributed by atoms with E-state index in [4.69, 9.17) is 0 Å². The molecule has 1 heterocycles. The van der Waals surface area contributed by atoms with E-state index in [1.54, 1.807) is 35.6 Å². The second-order valence-electron chi connectivity index (χ2n) is 2.50. The highest BCUT2D eigenvalue weighted by Crippen LogP contribution is 1.92. The lowest BCUT2D eigenvalue weighted by atomic mass is 10.5. The molecule has 0 bridgehead atoms. The highest BCUT2D eigenvalue weighted by atomic mass is 32.2. The minimum absolute atomic E-state index is 0.0200. The Kier molecular flexibility index (Phi) is 3.34. The Morgan fingerprint density at radius 1 is 1.67 bits per heavy atom. The van der Waals surface area contributed by atoms with Gasteiger partial charge in [-0.05, 0) is 13.2 Å². The molecule has 0 spiro atoms. The lowest BCUT2D eigenvalue weighted by Crippen LogP contribution is -2.23. The van der Waals surface area contributed by atoms with E-state index < -0.39 is 0 Å². The fourth-order valence-corrected chi connectivity index (χ4v) is 1.30. The quantitative estimate of drug-likeness (QED) is 0.700. The highest BCUT2D eigenvalue weighted by Gasteiger charge is 1.97. The zero-order valence-corrected chi connectivity index (χ0v) is 8.10. The van der Waals surface area contributed by atoms with Gasteiger partial charge in [-0.3, -0.25) is 9.78 Å². The third kappa shape index (κ3) is 2.11. The zero-order valence-electron chi connectivity index (χ0n) is 7.28. The molecule has 1 rings (SSSR count). The molecule has 66 valence electrons. The minimum atomic E-state index is 0.0200. The molecular formula is C8H12N2OS. The van der Waals surface area contributed by atoms with E-state index in [9.17, 15) is 4.79 Å². The number of nitrogens with zero attached hydrogens (tertiary/aromatic N) is 2. The van der Waals surface area contributed by atoms with Crippen LogP contribution in [-0.4, -0.2) is 21.6 Å². The van der Waals surface area contributed by atoms with Gasteiger partial charge in [0.1, 0.15) is 5.69 Å². The molecule has 0 unspecified atom stereocenters. The molecule has 0 saturated carbocycles. The Morgan fingerprint density at radius 3 is 3.08 bits per heavy atom. The number of hydrogen-bond acceptors (Lipinski definition) is 3. The molecular weight excluding hydrogens is 172 g/mol. The second kappa shape index (κ2) is 4.30. The van der Waals surface area contributed by atoms with Gasteiger partial charge in [0.05, 0.1) is 0 Å². The summed E-state index contributed by atoms with van der Waals surface area (Å²) in [6, 6.07) is 0. The van der Waals surface area contributed by atoms with E-state index in [1.807, 2.05) is 6.26 Å². The molecule has 0 atom stereocenters. The van der Waals surface area contributed by atoms with Crippen molar-refractivity contribution in [3.8, 4) is 0 Å². The summed E-state index contributed by atoms with van der Waals surface area (Å²) in [7, 11) is 0. The van der Waals surface area contributed by atoms with Crippen molar-refractivity contribution in [2.45, 2.75) is 13.5 Å². The third-order valence-corrected chi connectivity index (χ3v) is 2.21. The van der Waals surface area contributed by atoms with E-state index in [-0.39, 0.29) is 5.56 Å². The predicted molar refractivity (Wildman–Crippen MR) is 51.6 cm³/mol. The van der Waals surface area contributed by atoms with Gasteiger partial charge in [0.2, 0.25) is 0 Å². The van der Waals surface area contributed by atoms with Crippen LogP contribution in [0.5, 0.6) is 0 Å². The van der Waals surface area contributed by atoms with Crippen molar-refractivity contribution in [2.75, 3.05) is 12.0 Å². The summed E-state index contributed by atoms with van der Waals surface area (Å²) in [4.78, 5) is 15.3. The van der Waals surface area contributed by atoms with E-state index >= 15 is 0 Å². The van der Waals surface area contributed by atoms with Crippen LogP contribution in [0.25, 0.3) is 0 Å². The van der Waals surface area contributed by atoms with Gasteiger partial charge in [0, 0.05) is 24.7 Å². The van der Waals surface area contributed by atoms with Crippen LogP contribution in [0.15, 0.2) is 17.2 Å². The molecule has 1 aromatic heterocycles. The molecule has 0 aliphatic rings. The first-order chi connectivity index (χ1) is 5.75. The van der Waals surface area contributed by atoms with Crippen LogP contribution in [0.2, 0.25) is 0 Å². The summed E-state index contributed by atoms with van der Waals surface area (Å²) >= 11 is 1.73.